The average Bonchev–Trinajstić information content (AvgIpc) is 2.97. The number of aromatic nitrogens is 1. The minimum absolute atomic E-state index is 0.145. The number of hydrogen-bond donors (Lipinski definition) is 2. The number of nitrogens with zero attached hydrogens (tertiary/aromatic N) is 1. The molecule has 0 bridgehead atoms. The van der Waals surface area contributed by atoms with Crippen molar-refractivity contribution in [2.45, 2.75) is 67.2 Å². The van der Waals surface area contributed by atoms with Crippen LogP contribution in [-0.4, -0.2) is 23.3 Å². The van der Waals surface area contributed by atoms with Gasteiger partial charge in [-0.25, -0.2) is 4.39 Å². The minimum atomic E-state index is -0.364. The zero-order chi connectivity index (χ0) is 29.0. The topological polar surface area (TPSA) is 80.3 Å². The molecule has 0 atom stereocenters. The number of benzene rings is 2. The van der Waals surface area contributed by atoms with E-state index in [0.29, 0.717) is 17.9 Å². The van der Waals surface area contributed by atoms with Crippen LogP contribution in [0.4, 0.5) is 4.39 Å². The van der Waals surface area contributed by atoms with Gasteiger partial charge in [-0.3, -0.25) is 14.6 Å². The molecule has 0 saturated heterocycles. The molecule has 0 saturated carbocycles. The van der Waals surface area contributed by atoms with Crippen LogP contribution in [0.3, 0.4) is 0 Å². The molecular formula is C32H42FN3O3. The molecule has 0 aliphatic carbocycles. The first-order valence-electron chi connectivity index (χ1n) is 13.4. The first-order chi connectivity index (χ1) is 18.8. The van der Waals surface area contributed by atoms with Gasteiger partial charge < -0.3 is 10.2 Å². The quantitative estimate of drug-likeness (QED) is 0.283. The minimum Gasteiger partial charge on any atom is -0.379 e. The summed E-state index contributed by atoms with van der Waals surface area (Å²) in [5, 5.41) is 2.74. The van der Waals surface area contributed by atoms with Gasteiger partial charge in [-0.1, -0.05) is 64.1 Å². The summed E-state index contributed by atoms with van der Waals surface area (Å²) in [7, 11) is 0. The van der Waals surface area contributed by atoms with Crippen molar-refractivity contribution in [1.82, 2.24) is 15.8 Å². The van der Waals surface area contributed by atoms with Crippen molar-refractivity contribution < 1.29 is 18.8 Å². The van der Waals surface area contributed by atoms with Crippen molar-refractivity contribution in [3.05, 3.63) is 101 Å². The fraction of sp³-hybridized carbons (Fsp3) is 0.344. The van der Waals surface area contributed by atoms with E-state index >= 15 is 0 Å². The lowest BCUT2D eigenvalue weighted by Gasteiger charge is -2.11. The van der Waals surface area contributed by atoms with E-state index in [2.05, 4.69) is 28.8 Å². The number of carbonyl (C=O) groups is 2. The first-order valence-corrected chi connectivity index (χ1v) is 13.4. The number of aryl methyl sites for hydroxylation is 2. The Balaban J connectivity index is 0.000000366. The Morgan fingerprint density at radius 3 is 2.18 bits per heavy atom. The molecule has 210 valence electrons. The van der Waals surface area contributed by atoms with E-state index in [-0.39, 0.29) is 17.6 Å². The van der Waals surface area contributed by atoms with Crippen molar-refractivity contribution in [2.75, 3.05) is 6.54 Å². The summed E-state index contributed by atoms with van der Waals surface area (Å²) in [6, 6.07) is 17.5. The van der Waals surface area contributed by atoms with E-state index < -0.39 is 0 Å². The lowest BCUT2D eigenvalue weighted by atomic mass is 9.99. The number of allylic oxidation sites excluding steroid dienone is 2. The molecule has 0 spiro atoms. The molecule has 1 heterocycles. The third-order valence-electron chi connectivity index (χ3n) is 5.63. The Labute approximate surface area is 232 Å². The van der Waals surface area contributed by atoms with Gasteiger partial charge in [0.15, 0.2) is 5.75 Å². The highest BCUT2D eigenvalue weighted by Gasteiger charge is 2.12. The number of hydrogen-bond acceptors (Lipinski definition) is 4. The van der Waals surface area contributed by atoms with Crippen LogP contribution < -0.4 is 15.6 Å². The number of amides is 2. The van der Waals surface area contributed by atoms with E-state index in [0.717, 1.165) is 36.9 Å². The highest BCUT2D eigenvalue weighted by Crippen LogP contribution is 2.22. The Morgan fingerprint density at radius 1 is 0.974 bits per heavy atom. The summed E-state index contributed by atoms with van der Waals surface area (Å²) in [4.78, 5) is 32.1. The number of rotatable bonds is 9. The number of para-hydroxylation sites is 1. The third kappa shape index (κ3) is 12.9. The predicted octanol–water partition coefficient (Wildman–Crippen LogP) is 7.24. The molecule has 7 heteroatoms. The van der Waals surface area contributed by atoms with Crippen LogP contribution in [0.5, 0.6) is 5.75 Å². The normalized spacial score (nSPS) is 10.3. The number of carbonyl (C=O) groups excluding carboxylic acids is 2. The Kier molecular flexibility index (Phi) is 16.2. The molecule has 2 amide bonds. The van der Waals surface area contributed by atoms with Crippen molar-refractivity contribution in [1.29, 1.82) is 0 Å². The molecule has 1 aromatic heterocycles. The second-order valence-corrected chi connectivity index (χ2v) is 8.58. The molecule has 2 N–H and O–H groups in total. The molecule has 3 aromatic rings. The van der Waals surface area contributed by atoms with Crippen molar-refractivity contribution in [2.24, 2.45) is 0 Å². The molecule has 2 aromatic carbocycles. The van der Waals surface area contributed by atoms with Gasteiger partial charge in [-0.15, -0.1) is 0 Å². The standard InChI is InChI=1S/C18H20N2O2.C8H9F.C6H13NO/c1-4-14(5-2)16-11-17(19-12-13(16)3)18(21)20-22-15-9-7-6-8-10-15;1-2-7-3-5-8(9)6-4-7;1-3-5-7-6(8)4-2/h4,6-12H,5H2,1-3H3,(H,20,21);3-6H,2H2,1H3;3-5H2,1-2H3,(H,7,8)/b14-4-;;. The summed E-state index contributed by atoms with van der Waals surface area (Å²) in [5.41, 5.74) is 7.22. The van der Waals surface area contributed by atoms with E-state index in [9.17, 15) is 14.0 Å². The van der Waals surface area contributed by atoms with Gasteiger partial charge in [0.1, 0.15) is 11.5 Å². The zero-order valence-electron chi connectivity index (χ0n) is 24.0. The highest BCUT2D eigenvalue weighted by molar-refractivity contribution is 5.92. The monoisotopic (exact) mass is 535 g/mol. The number of halogens is 1. The molecule has 0 aliphatic heterocycles. The maximum atomic E-state index is 12.2. The smallest absolute Gasteiger partial charge is 0.302 e. The highest BCUT2D eigenvalue weighted by atomic mass is 19.1. The SMILES string of the molecule is C/C=C(/CC)c1cc(C(=O)NOc2ccccc2)ncc1C.CCCNC(=O)CC.CCc1ccc(F)cc1. The van der Waals surface area contributed by atoms with E-state index in [1.807, 2.05) is 52.8 Å². The zero-order valence-corrected chi connectivity index (χ0v) is 24.0. The summed E-state index contributed by atoms with van der Waals surface area (Å²) in [6.45, 7) is 12.8. The van der Waals surface area contributed by atoms with Crippen molar-refractivity contribution in [3.8, 4) is 5.75 Å². The van der Waals surface area contributed by atoms with Gasteiger partial charge >= 0.3 is 5.91 Å². The van der Waals surface area contributed by atoms with Gasteiger partial charge in [0, 0.05) is 19.2 Å². The molecule has 3 rings (SSSR count). The van der Waals surface area contributed by atoms with Crippen LogP contribution in [0.1, 0.15) is 81.1 Å². The van der Waals surface area contributed by atoms with Crippen molar-refractivity contribution in [3.63, 3.8) is 0 Å². The van der Waals surface area contributed by atoms with E-state index in [4.69, 9.17) is 4.84 Å². The fourth-order valence-electron chi connectivity index (χ4n) is 3.30. The second-order valence-electron chi connectivity index (χ2n) is 8.58. The molecule has 0 unspecified atom stereocenters. The molecule has 0 radical (unpaired) electrons. The van der Waals surface area contributed by atoms with Crippen LogP contribution in [0.2, 0.25) is 0 Å². The summed E-state index contributed by atoms with van der Waals surface area (Å²) >= 11 is 0. The fourth-order valence-corrected chi connectivity index (χ4v) is 3.30. The van der Waals surface area contributed by atoms with Gasteiger partial charge in [0.05, 0.1) is 0 Å². The summed E-state index contributed by atoms with van der Waals surface area (Å²) < 4.78 is 12.2. The van der Waals surface area contributed by atoms with Gasteiger partial charge in [0.2, 0.25) is 5.91 Å². The van der Waals surface area contributed by atoms with Crippen LogP contribution in [-0.2, 0) is 11.2 Å². The Bertz CT molecular complexity index is 1160. The molecule has 0 aliphatic rings. The maximum Gasteiger partial charge on any atom is 0.302 e. The number of nitrogens with one attached hydrogen (secondary N) is 2. The van der Waals surface area contributed by atoms with Gasteiger partial charge in [-0.05, 0) is 85.7 Å². The first kappa shape index (κ1) is 33.0. The molecule has 0 fully saturated rings. The summed E-state index contributed by atoms with van der Waals surface area (Å²) in [6.07, 6.45) is 7.27. The van der Waals surface area contributed by atoms with Crippen LogP contribution >= 0.6 is 0 Å². The Hall–Kier alpha value is -4.00. The average molecular weight is 536 g/mol. The lowest BCUT2D eigenvalue weighted by molar-refractivity contribution is -0.120. The molecule has 39 heavy (non-hydrogen) atoms. The largest absolute Gasteiger partial charge is 0.379 e. The molecular weight excluding hydrogens is 493 g/mol. The van der Waals surface area contributed by atoms with Gasteiger partial charge in [0.25, 0.3) is 0 Å². The molecule has 6 nitrogen and oxygen atoms in total. The Morgan fingerprint density at radius 2 is 1.64 bits per heavy atom. The predicted molar refractivity (Wildman–Crippen MR) is 157 cm³/mol. The van der Waals surface area contributed by atoms with Crippen LogP contribution in [0, 0.1) is 12.7 Å². The van der Waals surface area contributed by atoms with Gasteiger partial charge in [-0.2, -0.15) is 5.48 Å². The van der Waals surface area contributed by atoms with E-state index in [1.54, 1.807) is 36.5 Å². The lowest BCUT2D eigenvalue weighted by Crippen LogP contribution is -2.27. The van der Waals surface area contributed by atoms with Crippen LogP contribution in [0.15, 0.2) is 72.9 Å². The van der Waals surface area contributed by atoms with Crippen LogP contribution in [0.25, 0.3) is 5.57 Å². The van der Waals surface area contributed by atoms with E-state index in [1.165, 1.54) is 23.3 Å². The maximum absolute atomic E-state index is 12.2. The third-order valence-corrected chi connectivity index (χ3v) is 5.63. The number of pyridine rings is 1. The van der Waals surface area contributed by atoms with Crippen molar-refractivity contribution >= 4 is 17.4 Å². The second kappa shape index (κ2) is 19.1. The number of hydroxylamine groups is 1. The summed E-state index contributed by atoms with van der Waals surface area (Å²) in [5.74, 6) is 0.196.